The van der Waals surface area contributed by atoms with Gasteiger partial charge in [0.25, 0.3) is 5.91 Å². The Morgan fingerprint density at radius 1 is 1.03 bits per heavy atom. The Bertz CT molecular complexity index is 1220. The summed E-state index contributed by atoms with van der Waals surface area (Å²) in [5.41, 5.74) is 3.41. The monoisotopic (exact) mass is 449 g/mol. The second kappa shape index (κ2) is 9.66. The van der Waals surface area contributed by atoms with E-state index >= 15 is 0 Å². The molecule has 162 valence electrons. The third-order valence-corrected chi connectivity index (χ3v) is 5.15. The number of hydrogen-bond donors (Lipinski definition) is 1. The molecular weight excluding hydrogens is 429 g/mol. The van der Waals surface area contributed by atoms with Crippen molar-refractivity contribution in [1.29, 1.82) is 0 Å². The maximum absolute atomic E-state index is 13.0. The molecule has 0 fully saturated rings. The van der Waals surface area contributed by atoms with E-state index in [1.54, 1.807) is 47.3 Å². The van der Waals surface area contributed by atoms with Crippen molar-refractivity contribution >= 4 is 23.3 Å². The summed E-state index contributed by atoms with van der Waals surface area (Å²) < 4.78 is 20.5. The molecule has 1 aromatic heterocycles. The van der Waals surface area contributed by atoms with E-state index in [9.17, 15) is 9.18 Å². The van der Waals surface area contributed by atoms with Gasteiger partial charge in [-0.25, -0.2) is 4.39 Å². The number of rotatable bonds is 7. The van der Waals surface area contributed by atoms with Crippen LogP contribution in [0.25, 0.3) is 0 Å². The largest absolute Gasteiger partial charge is 0.487 e. The van der Waals surface area contributed by atoms with E-state index in [1.807, 2.05) is 31.2 Å². The van der Waals surface area contributed by atoms with Crippen molar-refractivity contribution in [3.8, 4) is 5.75 Å². The van der Waals surface area contributed by atoms with Gasteiger partial charge in [-0.15, -0.1) is 0 Å². The van der Waals surface area contributed by atoms with Crippen LogP contribution in [-0.2, 0) is 13.2 Å². The van der Waals surface area contributed by atoms with E-state index in [-0.39, 0.29) is 11.7 Å². The molecule has 0 radical (unpaired) electrons. The topological polar surface area (TPSA) is 56.1 Å². The number of nitrogens with one attached hydrogen (secondary N) is 1. The van der Waals surface area contributed by atoms with Gasteiger partial charge in [0.05, 0.1) is 11.6 Å². The molecule has 0 bridgehead atoms. The summed E-state index contributed by atoms with van der Waals surface area (Å²) in [4.78, 5) is 12.5. The van der Waals surface area contributed by atoms with E-state index in [2.05, 4.69) is 10.4 Å². The van der Waals surface area contributed by atoms with Crippen LogP contribution in [0.1, 0.15) is 27.0 Å². The highest BCUT2D eigenvalue weighted by atomic mass is 35.5. The first-order valence-electron chi connectivity index (χ1n) is 10.0. The van der Waals surface area contributed by atoms with Crippen LogP contribution in [0.5, 0.6) is 5.75 Å². The van der Waals surface area contributed by atoms with Crippen LogP contribution in [0, 0.1) is 12.7 Å². The molecule has 0 aliphatic carbocycles. The number of halogens is 2. The molecule has 0 atom stereocenters. The molecule has 0 aliphatic heterocycles. The highest BCUT2D eigenvalue weighted by Gasteiger charge is 2.09. The third kappa shape index (κ3) is 5.53. The van der Waals surface area contributed by atoms with Crippen molar-refractivity contribution in [3.05, 3.63) is 112 Å². The molecule has 5 nitrogen and oxygen atoms in total. The number of benzene rings is 3. The second-order valence-electron chi connectivity index (χ2n) is 7.40. The number of aryl methyl sites for hydroxylation is 1. The number of hydrogen-bond acceptors (Lipinski definition) is 3. The molecule has 3 aromatic carbocycles. The number of ether oxygens (including phenoxy) is 1. The lowest BCUT2D eigenvalue weighted by Crippen LogP contribution is -2.13. The smallest absolute Gasteiger partial charge is 0.256 e. The van der Waals surface area contributed by atoms with Crippen LogP contribution in [0.15, 0.2) is 79.0 Å². The van der Waals surface area contributed by atoms with Gasteiger partial charge in [0.2, 0.25) is 0 Å². The minimum Gasteiger partial charge on any atom is -0.487 e. The maximum atomic E-state index is 13.0. The van der Waals surface area contributed by atoms with Crippen molar-refractivity contribution < 1.29 is 13.9 Å². The van der Waals surface area contributed by atoms with Gasteiger partial charge < -0.3 is 10.1 Å². The van der Waals surface area contributed by atoms with Gasteiger partial charge in [0.15, 0.2) is 5.82 Å². The number of amides is 1. The molecule has 32 heavy (non-hydrogen) atoms. The molecule has 4 aromatic rings. The summed E-state index contributed by atoms with van der Waals surface area (Å²) in [6.07, 6.45) is 1.76. The summed E-state index contributed by atoms with van der Waals surface area (Å²) in [5.74, 6) is 0.535. The zero-order valence-corrected chi connectivity index (χ0v) is 18.1. The molecule has 0 aliphatic rings. The molecule has 1 heterocycles. The summed E-state index contributed by atoms with van der Waals surface area (Å²) in [5, 5.41) is 7.69. The highest BCUT2D eigenvalue weighted by molar-refractivity contribution is 6.32. The fraction of sp³-hybridized carbons (Fsp3) is 0.120. The zero-order valence-electron chi connectivity index (χ0n) is 17.4. The normalized spacial score (nSPS) is 10.7. The number of carbonyl (C=O) groups is 1. The van der Waals surface area contributed by atoms with Crippen LogP contribution in [0.2, 0.25) is 5.02 Å². The SMILES string of the molecule is Cc1ccc(Cl)c(OCc2ccc(C(=O)Nc3ccn(Cc4ccc(F)cc4)n3)cc2)c1. The minimum absolute atomic E-state index is 0.258. The van der Waals surface area contributed by atoms with E-state index in [0.29, 0.717) is 35.3 Å². The van der Waals surface area contributed by atoms with Gasteiger partial charge in [0.1, 0.15) is 18.2 Å². The quantitative estimate of drug-likeness (QED) is 0.384. The van der Waals surface area contributed by atoms with Crippen LogP contribution < -0.4 is 10.1 Å². The fourth-order valence-corrected chi connectivity index (χ4v) is 3.29. The van der Waals surface area contributed by atoms with Gasteiger partial charge >= 0.3 is 0 Å². The molecule has 0 saturated carbocycles. The molecule has 1 amide bonds. The Kier molecular flexibility index (Phi) is 6.52. The lowest BCUT2D eigenvalue weighted by Gasteiger charge is -2.09. The first-order chi connectivity index (χ1) is 15.5. The van der Waals surface area contributed by atoms with Crippen molar-refractivity contribution in [2.45, 2.75) is 20.1 Å². The summed E-state index contributed by atoms with van der Waals surface area (Å²) in [7, 11) is 0. The third-order valence-electron chi connectivity index (χ3n) is 4.84. The molecule has 0 unspecified atom stereocenters. The Morgan fingerprint density at radius 2 is 1.75 bits per heavy atom. The van der Waals surface area contributed by atoms with Crippen LogP contribution in [-0.4, -0.2) is 15.7 Å². The second-order valence-corrected chi connectivity index (χ2v) is 7.81. The Hall–Kier alpha value is -3.64. The van der Waals surface area contributed by atoms with Gasteiger partial charge in [-0.3, -0.25) is 9.48 Å². The van der Waals surface area contributed by atoms with E-state index in [1.165, 1.54) is 12.1 Å². The summed E-state index contributed by atoms with van der Waals surface area (Å²) in [6, 6.07) is 20.7. The zero-order chi connectivity index (χ0) is 22.5. The first-order valence-corrected chi connectivity index (χ1v) is 10.4. The maximum Gasteiger partial charge on any atom is 0.256 e. The Morgan fingerprint density at radius 3 is 2.50 bits per heavy atom. The highest BCUT2D eigenvalue weighted by Crippen LogP contribution is 2.26. The number of nitrogens with zero attached hydrogens (tertiary/aromatic N) is 2. The number of anilines is 1. The summed E-state index contributed by atoms with van der Waals surface area (Å²) >= 11 is 6.16. The van der Waals surface area contributed by atoms with E-state index in [4.69, 9.17) is 16.3 Å². The lowest BCUT2D eigenvalue weighted by atomic mass is 10.1. The Balaban J connectivity index is 1.33. The number of carbonyl (C=O) groups excluding carboxylic acids is 1. The molecular formula is C25H21ClFN3O2. The predicted molar refractivity (Wildman–Crippen MR) is 123 cm³/mol. The average Bonchev–Trinajstić information content (AvgIpc) is 3.23. The molecule has 7 heteroatoms. The van der Waals surface area contributed by atoms with Gasteiger partial charge in [-0.05, 0) is 60.0 Å². The standard InChI is InChI=1S/C25H21ClFN3O2/c1-17-2-11-22(26)23(14-17)32-16-19-3-7-20(8-4-19)25(31)28-24-12-13-30(29-24)15-18-5-9-21(27)10-6-18/h2-14H,15-16H2,1H3,(H,28,29,31). The lowest BCUT2D eigenvalue weighted by molar-refractivity contribution is 0.102. The van der Waals surface area contributed by atoms with Crippen LogP contribution in [0.3, 0.4) is 0 Å². The van der Waals surface area contributed by atoms with Crippen LogP contribution >= 0.6 is 11.6 Å². The molecule has 0 spiro atoms. The fourth-order valence-electron chi connectivity index (χ4n) is 3.12. The minimum atomic E-state index is -0.279. The van der Waals surface area contributed by atoms with Gasteiger partial charge in [0, 0.05) is 17.8 Å². The van der Waals surface area contributed by atoms with E-state index in [0.717, 1.165) is 16.7 Å². The molecule has 0 saturated heterocycles. The van der Waals surface area contributed by atoms with Crippen molar-refractivity contribution in [3.63, 3.8) is 0 Å². The summed E-state index contributed by atoms with van der Waals surface area (Å²) in [6.45, 7) is 2.80. The van der Waals surface area contributed by atoms with Crippen molar-refractivity contribution in [2.24, 2.45) is 0 Å². The van der Waals surface area contributed by atoms with Crippen LogP contribution in [0.4, 0.5) is 10.2 Å². The van der Waals surface area contributed by atoms with Gasteiger partial charge in [-0.2, -0.15) is 5.10 Å². The van der Waals surface area contributed by atoms with E-state index < -0.39 is 0 Å². The Labute approximate surface area is 190 Å². The van der Waals surface area contributed by atoms with Crippen molar-refractivity contribution in [2.75, 3.05) is 5.32 Å². The first kappa shape index (κ1) is 21.6. The van der Waals surface area contributed by atoms with Gasteiger partial charge in [-0.1, -0.05) is 41.9 Å². The predicted octanol–water partition coefficient (Wildman–Crippen LogP) is 5.86. The van der Waals surface area contributed by atoms with Crippen molar-refractivity contribution in [1.82, 2.24) is 9.78 Å². The number of aromatic nitrogens is 2. The molecule has 4 rings (SSSR count). The molecule has 1 N–H and O–H groups in total. The average molecular weight is 450 g/mol.